The van der Waals surface area contributed by atoms with E-state index in [0.717, 1.165) is 28.7 Å². The van der Waals surface area contributed by atoms with E-state index in [2.05, 4.69) is 0 Å². The number of aromatic hydroxyl groups is 2. The fourth-order valence-electron chi connectivity index (χ4n) is 3.70. The van der Waals surface area contributed by atoms with Gasteiger partial charge in [0.15, 0.2) is 5.78 Å². The van der Waals surface area contributed by atoms with E-state index in [4.69, 9.17) is 0 Å². The van der Waals surface area contributed by atoms with Gasteiger partial charge in [-0.1, -0.05) is 6.07 Å². The van der Waals surface area contributed by atoms with E-state index < -0.39 is 5.41 Å². The number of carbonyl (C=O) groups is 1. The fraction of sp³-hybridized carbons (Fsp3) is 0.235. The van der Waals surface area contributed by atoms with Crippen molar-refractivity contribution < 1.29 is 15.0 Å². The zero-order chi connectivity index (χ0) is 13.9. The molecule has 2 N–H and O–H groups in total. The number of hydrogen-bond donors (Lipinski definition) is 2. The van der Waals surface area contributed by atoms with Gasteiger partial charge in [-0.2, -0.15) is 0 Å². The molecule has 3 heteroatoms. The summed E-state index contributed by atoms with van der Waals surface area (Å²) < 4.78 is 0. The quantitative estimate of drug-likeness (QED) is 0.770. The molecule has 100 valence electrons. The molecule has 2 aliphatic rings. The summed E-state index contributed by atoms with van der Waals surface area (Å²) >= 11 is 0. The SMILES string of the molecule is O=C1c2ccc(O)cc2CC12Cc1ccc(O)cc1C2. The third kappa shape index (κ3) is 1.43. The Balaban J connectivity index is 1.78. The molecule has 2 aromatic rings. The highest BCUT2D eigenvalue weighted by Gasteiger charge is 2.49. The van der Waals surface area contributed by atoms with Crippen LogP contribution in [-0.2, 0) is 19.3 Å². The number of phenolic OH excluding ortho intramolecular Hbond substituents is 2. The van der Waals surface area contributed by atoms with Crippen LogP contribution in [0.5, 0.6) is 11.5 Å². The van der Waals surface area contributed by atoms with E-state index in [0.29, 0.717) is 12.8 Å². The summed E-state index contributed by atoms with van der Waals surface area (Å²) in [4.78, 5) is 12.7. The molecule has 3 nitrogen and oxygen atoms in total. The van der Waals surface area contributed by atoms with Gasteiger partial charge >= 0.3 is 0 Å². The van der Waals surface area contributed by atoms with Crippen LogP contribution in [0.25, 0.3) is 0 Å². The molecule has 20 heavy (non-hydrogen) atoms. The van der Waals surface area contributed by atoms with Gasteiger partial charge in [0.2, 0.25) is 0 Å². The first-order valence-electron chi connectivity index (χ1n) is 6.75. The van der Waals surface area contributed by atoms with Gasteiger partial charge in [0.1, 0.15) is 11.5 Å². The van der Waals surface area contributed by atoms with E-state index in [1.54, 1.807) is 30.3 Å². The molecule has 1 atom stereocenters. The van der Waals surface area contributed by atoms with E-state index in [9.17, 15) is 15.0 Å². The third-order valence-corrected chi connectivity index (χ3v) is 4.59. The molecule has 4 rings (SSSR count). The maximum atomic E-state index is 12.7. The highest BCUT2D eigenvalue weighted by molar-refractivity contribution is 6.05. The summed E-state index contributed by atoms with van der Waals surface area (Å²) in [6.45, 7) is 0. The zero-order valence-corrected chi connectivity index (χ0v) is 10.9. The number of ketones is 1. The van der Waals surface area contributed by atoms with Gasteiger partial charge in [-0.15, -0.1) is 0 Å². The Labute approximate surface area is 116 Å². The standard InChI is InChI=1S/C17H14O3/c18-13-2-1-10-7-17(8-11(10)5-13)9-12-6-14(19)3-4-15(12)16(17)20/h1-6,18-19H,7-9H2. The Morgan fingerprint density at radius 2 is 1.40 bits per heavy atom. The summed E-state index contributed by atoms with van der Waals surface area (Å²) in [5.74, 6) is 0.631. The summed E-state index contributed by atoms with van der Waals surface area (Å²) in [7, 11) is 0. The summed E-state index contributed by atoms with van der Waals surface area (Å²) in [6.07, 6.45) is 2.06. The van der Waals surface area contributed by atoms with Gasteiger partial charge in [-0.25, -0.2) is 0 Å². The van der Waals surface area contributed by atoms with Crippen LogP contribution in [0.2, 0.25) is 0 Å². The maximum absolute atomic E-state index is 12.7. The van der Waals surface area contributed by atoms with Crippen LogP contribution in [0.1, 0.15) is 27.0 Å². The van der Waals surface area contributed by atoms with E-state index >= 15 is 0 Å². The molecule has 1 spiro atoms. The van der Waals surface area contributed by atoms with Crippen molar-refractivity contribution in [1.29, 1.82) is 0 Å². The summed E-state index contributed by atoms with van der Waals surface area (Å²) in [5, 5.41) is 19.2. The van der Waals surface area contributed by atoms with Crippen LogP contribution in [0.3, 0.4) is 0 Å². The second-order valence-corrected chi connectivity index (χ2v) is 5.93. The number of hydrogen-bond acceptors (Lipinski definition) is 3. The van der Waals surface area contributed by atoms with Gasteiger partial charge in [-0.3, -0.25) is 4.79 Å². The molecule has 2 aliphatic carbocycles. The Morgan fingerprint density at radius 1 is 0.800 bits per heavy atom. The van der Waals surface area contributed by atoms with Gasteiger partial charge in [0, 0.05) is 11.0 Å². The summed E-state index contributed by atoms with van der Waals surface area (Å²) in [6, 6.07) is 10.3. The second-order valence-electron chi connectivity index (χ2n) is 5.93. The monoisotopic (exact) mass is 266 g/mol. The van der Waals surface area contributed by atoms with E-state index in [-0.39, 0.29) is 17.3 Å². The average Bonchev–Trinajstić information content (AvgIpc) is 2.88. The maximum Gasteiger partial charge on any atom is 0.170 e. The Kier molecular flexibility index (Phi) is 2.09. The number of phenols is 2. The van der Waals surface area contributed by atoms with Crippen molar-refractivity contribution >= 4 is 5.78 Å². The van der Waals surface area contributed by atoms with E-state index in [1.807, 2.05) is 6.07 Å². The molecule has 0 bridgehead atoms. The van der Waals surface area contributed by atoms with Crippen LogP contribution in [-0.4, -0.2) is 16.0 Å². The zero-order valence-electron chi connectivity index (χ0n) is 10.9. The van der Waals surface area contributed by atoms with Crippen molar-refractivity contribution in [3.05, 3.63) is 58.7 Å². The molecular weight excluding hydrogens is 252 g/mol. The minimum Gasteiger partial charge on any atom is -0.508 e. The van der Waals surface area contributed by atoms with Crippen molar-refractivity contribution in [3.8, 4) is 11.5 Å². The van der Waals surface area contributed by atoms with E-state index in [1.165, 1.54) is 0 Å². The molecule has 0 heterocycles. The number of rotatable bonds is 0. The van der Waals surface area contributed by atoms with Crippen LogP contribution < -0.4 is 0 Å². The largest absolute Gasteiger partial charge is 0.508 e. The normalized spacial score (nSPS) is 23.1. The minimum absolute atomic E-state index is 0.170. The first-order chi connectivity index (χ1) is 9.57. The number of Topliss-reactive ketones (excluding diaryl/α,β-unsaturated/α-hetero) is 1. The molecule has 0 aliphatic heterocycles. The Hall–Kier alpha value is -2.29. The number of fused-ring (bicyclic) bond motifs is 2. The average molecular weight is 266 g/mol. The lowest BCUT2D eigenvalue weighted by molar-refractivity contribution is 0.0831. The lowest BCUT2D eigenvalue weighted by Gasteiger charge is -2.20. The third-order valence-electron chi connectivity index (χ3n) is 4.59. The Bertz CT molecular complexity index is 744. The molecule has 0 amide bonds. The first kappa shape index (κ1) is 11.5. The van der Waals surface area contributed by atoms with Crippen LogP contribution in [0.4, 0.5) is 0 Å². The van der Waals surface area contributed by atoms with Crippen molar-refractivity contribution in [3.63, 3.8) is 0 Å². The second kappa shape index (κ2) is 3.63. The molecular formula is C17H14O3. The van der Waals surface area contributed by atoms with Crippen LogP contribution in [0.15, 0.2) is 36.4 Å². The van der Waals surface area contributed by atoms with Gasteiger partial charge in [0.25, 0.3) is 0 Å². The molecule has 2 aromatic carbocycles. The Morgan fingerprint density at radius 3 is 2.20 bits per heavy atom. The highest BCUT2D eigenvalue weighted by Crippen LogP contribution is 2.48. The smallest absolute Gasteiger partial charge is 0.170 e. The van der Waals surface area contributed by atoms with Crippen molar-refractivity contribution in [1.82, 2.24) is 0 Å². The minimum atomic E-state index is -0.410. The predicted octanol–water partition coefficient (Wildman–Crippen LogP) is 2.62. The molecule has 0 fully saturated rings. The highest BCUT2D eigenvalue weighted by atomic mass is 16.3. The van der Waals surface area contributed by atoms with Crippen molar-refractivity contribution in [2.24, 2.45) is 5.41 Å². The van der Waals surface area contributed by atoms with Gasteiger partial charge in [-0.05, 0) is 66.3 Å². The molecule has 0 saturated carbocycles. The summed E-state index contributed by atoms with van der Waals surface area (Å²) in [5.41, 5.74) is 3.47. The van der Waals surface area contributed by atoms with Gasteiger partial charge in [0.05, 0.1) is 0 Å². The lowest BCUT2D eigenvalue weighted by atomic mass is 9.81. The van der Waals surface area contributed by atoms with Crippen molar-refractivity contribution in [2.75, 3.05) is 0 Å². The number of benzene rings is 2. The molecule has 0 aromatic heterocycles. The predicted molar refractivity (Wildman–Crippen MR) is 74.1 cm³/mol. The number of carbonyl (C=O) groups excluding carboxylic acids is 1. The van der Waals surface area contributed by atoms with Crippen molar-refractivity contribution in [2.45, 2.75) is 19.3 Å². The van der Waals surface area contributed by atoms with Crippen LogP contribution in [0, 0.1) is 5.41 Å². The van der Waals surface area contributed by atoms with Gasteiger partial charge < -0.3 is 10.2 Å². The molecule has 0 saturated heterocycles. The fourth-order valence-corrected chi connectivity index (χ4v) is 3.70. The lowest BCUT2D eigenvalue weighted by Crippen LogP contribution is -2.28. The topological polar surface area (TPSA) is 57.5 Å². The van der Waals surface area contributed by atoms with Crippen LogP contribution >= 0.6 is 0 Å². The molecule has 0 radical (unpaired) electrons. The molecule has 1 unspecified atom stereocenters. The first-order valence-corrected chi connectivity index (χ1v) is 6.75.